The summed E-state index contributed by atoms with van der Waals surface area (Å²) in [6, 6.07) is 9.49. The topological polar surface area (TPSA) is 92.5 Å². The maximum absolute atomic E-state index is 12.7. The lowest BCUT2D eigenvalue weighted by Crippen LogP contribution is -2.16. The van der Waals surface area contributed by atoms with Crippen LogP contribution in [0.3, 0.4) is 0 Å². The van der Waals surface area contributed by atoms with Crippen molar-refractivity contribution in [2.24, 2.45) is 0 Å². The highest BCUT2D eigenvalue weighted by Gasteiger charge is 2.33. The first-order valence-corrected chi connectivity index (χ1v) is 7.07. The highest BCUT2D eigenvalue weighted by molar-refractivity contribution is 5.70. The summed E-state index contributed by atoms with van der Waals surface area (Å²) >= 11 is 0. The maximum Gasteiger partial charge on any atom is 0.416 e. The van der Waals surface area contributed by atoms with Gasteiger partial charge >= 0.3 is 12.1 Å². The Morgan fingerprint density at radius 1 is 1.20 bits per heavy atom. The van der Waals surface area contributed by atoms with E-state index in [9.17, 15) is 28.1 Å². The van der Waals surface area contributed by atoms with Gasteiger partial charge in [-0.25, -0.2) is 0 Å². The predicted molar refractivity (Wildman–Crippen MR) is 83.2 cm³/mol. The third-order valence-electron chi connectivity index (χ3n) is 3.43. The molecule has 0 radical (unpaired) electrons. The number of nitrogens with one attached hydrogen (secondary N) is 1. The second kappa shape index (κ2) is 7.20. The molecule has 0 bridgehead atoms. The van der Waals surface area contributed by atoms with Crippen molar-refractivity contribution in [2.75, 3.05) is 5.32 Å². The van der Waals surface area contributed by atoms with Gasteiger partial charge in [-0.3, -0.25) is 14.9 Å². The maximum atomic E-state index is 12.7. The lowest BCUT2D eigenvalue weighted by Gasteiger charge is -2.19. The number of carboxylic acid groups (broad SMARTS) is 1. The van der Waals surface area contributed by atoms with Gasteiger partial charge in [0.2, 0.25) is 0 Å². The van der Waals surface area contributed by atoms with Crippen LogP contribution < -0.4 is 5.32 Å². The molecule has 2 N–H and O–H groups in total. The summed E-state index contributed by atoms with van der Waals surface area (Å²) in [5.74, 6) is -1.16. The van der Waals surface area contributed by atoms with Crippen LogP contribution in [0.25, 0.3) is 0 Å². The molecule has 1 atom stereocenters. The zero-order valence-corrected chi connectivity index (χ0v) is 12.7. The van der Waals surface area contributed by atoms with Gasteiger partial charge in [0.1, 0.15) is 5.69 Å². The molecule has 2 aromatic carbocycles. The van der Waals surface area contributed by atoms with Crippen LogP contribution in [0.15, 0.2) is 48.5 Å². The number of anilines is 1. The number of aliphatic carboxylic acids is 1. The Kier molecular flexibility index (Phi) is 5.26. The van der Waals surface area contributed by atoms with Crippen LogP contribution in [0, 0.1) is 10.1 Å². The monoisotopic (exact) mass is 354 g/mol. The standard InChI is InChI=1S/C16H13F3N2O4/c17-16(18,19)11-6-7-12(14(8-11)21(24)25)20-13(9-15(22)23)10-4-2-1-3-5-10/h1-8,13,20H,9H2,(H,22,23)/t13-/m0/s1. The molecule has 2 aromatic rings. The molecule has 9 heteroatoms. The van der Waals surface area contributed by atoms with Gasteiger partial charge < -0.3 is 10.4 Å². The number of rotatable bonds is 6. The van der Waals surface area contributed by atoms with Gasteiger partial charge in [0, 0.05) is 6.07 Å². The number of carbonyl (C=O) groups is 1. The molecule has 0 aliphatic heterocycles. The van der Waals surface area contributed by atoms with E-state index in [2.05, 4.69) is 5.32 Å². The van der Waals surface area contributed by atoms with Crippen LogP contribution >= 0.6 is 0 Å². The Labute approximate surface area is 140 Å². The predicted octanol–water partition coefficient (Wildman–Crippen LogP) is 4.24. The molecule has 0 fully saturated rings. The molecule has 0 heterocycles. The zero-order valence-electron chi connectivity index (χ0n) is 12.7. The van der Waals surface area contributed by atoms with Gasteiger partial charge in [-0.05, 0) is 17.7 Å². The van der Waals surface area contributed by atoms with Crippen molar-refractivity contribution < 1.29 is 28.0 Å². The van der Waals surface area contributed by atoms with Gasteiger partial charge in [0.15, 0.2) is 0 Å². The fourth-order valence-corrected chi connectivity index (χ4v) is 2.28. The van der Waals surface area contributed by atoms with Crippen molar-refractivity contribution >= 4 is 17.3 Å². The number of nitrogens with zero attached hydrogens (tertiary/aromatic N) is 1. The molecule has 0 aliphatic carbocycles. The fourth-order valence-electron chi connectivity index (χ4n) is 2.28. The Morgan fingerprint density at radius 3 is 2.36 bits per heavy atom. The van der Waals surface area contributed by atoms with E-state index in [1.807, 2.05) is 0 Å². The quantitative estimate of drug-likeness (QED) is 0.598. The molecule has 0 saturated carbocycles. The van der Waals surface area contributed by atoms with E-state index >= 15 is 0 Å². The van der Waals surface area contributed by atoms with Crippen LogP contribution in [-0.4, -0.2) is 16.0 Å². The zero-order chi connectivity index (χ0) is 18.6. The minimum Gasteiger partial charge on any atom is -0.481 e. The first-order valence-electron chi connectivity index (χ1n) is 7.07. The van der Waals surface area contributed by atoms with Crippen LogP contribution in [0.2, 0.25) is 0 Å². The molecule has 0 aliphatic rings. The Balaban J connectivity index is 2.41. The fraction of sp³-hybridized carbons (Fsp3) is 0.188. The van der Waals surface area contributed by atoms with Crippen molar-refractivity contribution in [2.45, 2.75) is 18.6 Å². The summed E-state index contributed by atoms with van der Waals surface area (Å²) < 4.78 is 38.2. The molecular weight excluding hydrogens is 341 g/mol. The number of hydrogen-bond donors (Lipinski definition) is 2. The lowest BCUT2D eigenvalue weighted by atomic mass is 10.0. The molecule has 0 unspecified atom stereocenters. The SMILES string of the molecule is O=C(O)C[C@H](Nc1ccc(C(F)(F)F)cc1[N+](=O)[O-])c1ccccc1. The molecule has 132 valence electrons. The third kappa shape index (κ3) is 4.69. The molecule has 0 aromatic heterocycles. The second-order valence-corrected chi connectivity index (χ2v) is 5.19. The minimum absolute atomic E-state index is 0.187. The Morgan fingerprint density at radius 2 is 1.84 bits per heavy atom. The number of nitro groups is 1. The van der Waals surface area contributed by atoms with E-state index in [0.717, 1.165) is 6.07 Å². The Hall–Kier alpha value is -3.10. The van der Waals surface area contributed by atoms with Gasteiger partial charge in [-0.1, -0.05) is 30.3 Å². The summed E-state index contributed by atoms with van der Waals surface area (Å²) in [5.41, 5.74) is -1.58. The number of alkyl halides is 3. The highest BCUT2D eigenvalue weighted by Crippen LogP contribution is 2.36. The molecule has 0 spiro atoms. The normalized spacial score (nSPS) is 12.4. The van der Waals surface area contributed by atoms with Crippen molar-refractivity contribution in [3.8, 4) is 0 Å². The van der Waals surface area contributed by atoms with E-state index < -0.39 is 40.8 Å². The first-order chi connectivity index (χ1) is 11.7. The number of halogens is 3. The highest BCUT2D eigenvalue weighted by atomic mass is 19.4. The smallest absolute Gasteiger partial charge is 0.416 e. The van der Waals surface area contributed by atoms with E-state index in [1.54, 1.807) is 30.3 Å². The summed E-state index contributed by atoms with van der Waals surface area (Å²) in [5, 5.41) is 22.8. The molecule has 25 heavy (non-hydrogen) atoms. The van der Waals surface area contributed by atoms with Crippen LogP contribution in [0.4, 0.5) is 24.5 Å². The number of benzene rings is 2. The third-order valence-corrected chi connectivity index (χ3v) is 3.43. The van der Waals surface area contributed by atoms with Crippen molar-refractivity contribution in [3.63, 3.8) is 0 Å². The molecule has 0 saturated heterocycles. The van der Waals surface area contributed by atoms with Crippen LogP contribution in [0.5, 0.6) is 0 Å². The summed E-state index contributed by atoms with van der Waals surface area (Å²) in [4.78, 5) is 21.2. The van der Waals surface area contributed by atoms with Crippen molar-refractivity contribution in [1.82, 2.24) is 0 Å². The Bertz CT molecular complexity index is 779. The lowest BCUT2D eigenvalue weighted by molar-refractivity contribution is -0.384. The molecular formula is C16H13F3N2O4. The molecule has 0 amide bonds. The van der Waals surface area contributed by atoms with Gasteiger partial charge in [-0.15, -0.1) is 0 Å². The summed E-state index contributed by atoms with van der Waals surface area (Å²) in [6.45, 7) is 0. The van der Waals surface area contributed by atoms with E-state index in [0.29, 0.717) is 17.7 Å². The summed E-state index contributed by atoms with van der Waals surface area (Å²) in [6.07, 6.45) is -5.12. The van der Waals surface area contributed by atoms with Gasteiger partial charge in [0.25, 0.3) is 5.69 Å². The van der Waals surface area contributed by atoms with Crippen LogP contribution in [-0.2, 0) is 11.0 Å². The summed E-state index contributed by atoms with van der Waals surface area (Å²) in [7, 11) is 0. The second-order valence-electron chi connectivity index (χ2n) is 5.19. The molecule has 6 nitrogen and oxygen atoms in total. The largest absolute Gasteiger partial charge is 0.481 e. The average Bonchev–Trinajstić information content (AvgIpc) is 2.53. The van der Waals surface area contributed by atoms with Crippen LogP contribution in [0.1, 0.15) is 23.6 Å². The van der Waals surface area contributed by atoms with Crippen molar-refractivity contribution in [3.05, 3.63) is 69.8 Å². The molecule has 2 rings (SSSR count). The van der Waals surface area contributed by atoms with E-state index in [1.165, 1.54) is 0 Å². The van der Waals surface area contributed by atoms with Gasteiger partial charge in [0.05, 0.1) is 22.9 Å². The van der Waals surface area contributed by atoms with Crippen molar-refractivity contribution in [1.29, 1.82) is 0 Å². The van der Waals surface area contributed by atoms with E-state index in [-0.39, 0.29) is 5.69 Å². The number of nitro benzene ring substituents is 1. The average molecular weight is 354 g/mol. The first kappa shape index (κ1) is 18.2. The van der Waals surface area contributed by atoms with E-state index in [4.69, 9.17) is 5.11 Å². The number of hydrogen-bond acceptors (Lipinski definition) is 4. The minimum atomic E-state index is -4.72. The van der Waals surface area contributed by atoms with Gasteiger partial charge in [-0.2, -0.15) is 13.2 Å². The number of carboxylic acids is 1.